The Morgan fingerprint density at radius 3 is 2.48 bits per heavy atom. The van der Waals surface area contributed by atoms with Crippen LogP contribution in [0, 0.1) is 11.3 Å². The number of amides is 2. The zero-order chi connectivity index (χ0) is 21.6. The largest absolute Gasteiger partial charge is 0.356 e. The molecule has 1 aliphatic carbocycles. The van der Waals surface area contributed by atoms with Gasteiger partial charge in [-0.15, -0.1) is 24.0 Å². The monoisotopic (exact) mass is 541 g/mol. The smallest absolute Gasteiger partial charge is 0.254 e. The van der Waals surface area contributed by atoms with Gasteiger partial charge in [0.1, 0.15) is 0 Å². The van der Waals surface area contributed by atoms with Crippen LogP contribution in [-0.4, -0.2) is 55.9 Å². The number of rotatable bonds is 7. The van der Waals surface area contributed by atoms with Gasteiger partial charge in [-0.05, 0) is 48.3 Å². The number of aliphatic imine (C=N–C) groups is 1. The number of carbonyl (C=O) groups excluding carboxylic acids is 2. The molecule has 1 aliphatic heterocycles. The normalized spacial score (nSPS) is 18.0. The van der Waals surface area contributed by atoms with E-state index in [0.29, 0.717) is 36.5 Å². The number of carbonyl (C=O) groups is 2. The molecule has 0 radical (unpaired) electrons. The van der Waals surface area contributed by atoms with E-state index < -0.39 is 0 Å². The molecule has 3 N–H and O–H groups in total. The van der Waals surface area contributed by atoms with Crippen molar-refractivity contribution in [2.45, 2.75) is 46.1 Å². The summed E-state index contributed by atoms with van der Waals surface area (Å²) in [6, 6.07) is 7.55. The fraction of sp³-hybridized carbons (Fsp3) is 0.609. The molecule has 2 fully saturated rings. The van der Waals surface area contributed by atoms with Crippen molar-refractivity contribution in [3.63, 3.8) is 0 Å². The minimum Gasteiger partial charge on any atom is -0.356 e. The minimum absolute atomic E-state index is 0. The molecular weight excluding hydrogens is 505 g/mol. The molecule has 1 aromatic carbocycles. The second-order valence-corrected chi connectivity index (χ2v) is 9.00. The predicted octanol–water partition coefficient (Wildman–Crippen LogP) is 2.76. The molecule has 8 heteroatoms. The average molecular weight is 541 g/mol. The fourth-order valence-corrected chi connectivity index (χ4v) is 4.43. The number of hydrogen-bond donors (Lipinski definition) is 3. The van der Waals surface area contributed by atoms with Gasteiger partial charge in [0, 0.05) is 38.8 Å². The highest BCUT2D eigenvalue weighted by Crippen LogP contribution is 2.45. The lowest BCUT2D eigenvalue weighted by molar-refractivity contribution is -0.123. The topological polar surface area (TPSA) is 85.8 Å². The summed E-state index contributed by atoms with van der Waals surface area (Å²) < 4.78 is 0. The maximum Gasteiger partial charge on any atom is 0.254 e. The van der Waals surface area contributed by atoms with E-state index in [-0.39, 0.29) is 42.3 Å². The molecule has 1 saturated carbocycles. The lowest BCUT2D eigenvalue weighted by atomic mass is 9.64. The molecule has 2 amide bonds. The van der Waals surface area contributed by atoms with Crippen LogP contribution in [0.15, 0.2) is 29.3 Å². The van der Waals surface area contributed by atoms with Gasteiger partial charge in [-0.1, -0.05) is 32.4 Å². The van der Waals surface area contributed by atoms with Gasteiger partial charge in [-0.3, -0.25) is 14.6 Å². The van der Waals surface area contributed by atoms with Crippen LogP contribution < -0.4 is 16.0 Å². The molecular formula is C23H36IN5O2. The highest BCUT2D eigenvalue weighted by molar-refractivity contribution is 14.0. The number of hydrogen-bond acceptors (Lipinski definition) is 3. The zero-order valence-electron chi connectivity index (χ0n) is 18.9. The highest BCUT2D eigenvalue weighted by Gasteiger charge is 2.37. The Kier molecular flexibility index (Phi) is 9.58. The average Bonchev–Trinajstić information content (AvgIpc) is 2.71. The van der Waals surface area contributed by atoms with Gasteiger partial charge in [-0.25, -0.2) is 0 Å². The first-order valence-corrected chi connectivity index (χ1v) is 11.0. The summed E-state index contributed by atoms with van der Waals surface area (Å²) in [6.07, 6.45) is 5.17. The Hall–Kier alpha value is -1.84. The molecule has 7 nitrogen and oxygen atoms in total. The van der Waals surface area contributed by atoms with Gasteiger partial charge < -0.3 is 20.9 Å². The molecule has 1 heterocycles. The highest BCUT2D eigenvalue weighted by atomic mass is 127. The molecule has 0 spiro atoms. The maximum absolute atomic E-state index is 12.6. The van der Waals surface area contributed by atoms with Crippen LogP contribution in [0.1, 0.15) is 55.5 Å². The van der Waals surface area contributed by atoms with Gasteiger partial charge in [-0.2, -0.15) is 0 Å². The summed E-state index contributed by atoms with van der Waals surface area (Å²) in [4.78, 5) is 30.0. The number of halogens is 1. The summed E-state index contributed by atoms with van der Waals surface area (Å²) in [5.74, 6) is 1.32. The van der Waals surface area contributed by atoms with E-state index >= 15 is 0 Å². The van der Waals surface area contributed by atoms with Crippen LogP contribution >= 0.6 is 24.0 Å². The summed E-state index contributed by atoms with van der Waals surface area (Å²) in [5, 5.41) is 9.61. The van der Waals surface area contributed by atoms with Gasteiger partial charge in [0.25, 0.3) is 5.91 Å². The molecule has 1 saturated heterocycles. The van der Waals surface area contributed by atoms with Gasteiger partial charge in [0.05, 0.1) is 6.54 Å². The van der Waals surface area contributed by atoms with Crippen molar-refractivity contribution >= 4 is 41.8 Å². The van der Waals surface area contributed by atoms with Crippen LogP contribution in [0.2, 0.25) is 0 Å². The first kappa shape index (κ1) is 25.4. The van der Waals surface area contributed by atoms with E-state index in [0.717, 1.165) is 18.1 Å². The van der Waals surface area contributed by atoms with Crippen molar-refractivity contribution < 1.29 is 9.59 Å². The van der Waals surface area contributed by atoms with Crippen LogP contribution in [-0.2, 0) is 11.3 Å². The molecule has 1 aromatic rings. The SMILES string of the molecule is CN=C(NCc1ccc(C(=O)N2CCNC(=O)C2)cc1)NCC1(CC(C)C)CCC1.I. The van der Waals surface area contributed by atoms with E-state index in [1.165, 1.54) is 25.7 Å². The van der Waals surface area contributed by atoms with Crippen LogP contribution in [0.3, 0.4) is 0 Å². The third kappa shape index (κ3) is 7.08. The van der Waals surface area contributed by atoms with Gasteiger partial charge >= 0.3 is 0 Å². The number of nitrogens with zero attached hydrogens (tertiary/aromatic N) is 2. The van der Waals surface area contributed by atoms with E-state index in [1.54, 1.807) is 11.9 Å². The number of benzene rings is 1. The Labute approximate surface area is 202 Å². The fourth-order valence-electron chi connectivity index (χ4n) is 4.43. The minimum atomic E-state index is -0.105. The van der Waals surface area contributed by atoms with Crippen molar-refractivity contribution in [2.75, 3.05) is 33.2 Å². The maximum atomic E-state index is 12.6. The van der Waals surface area contributed by atoms with Gasteiger partial charge in [0.2, 0.25) is 5.91 Å². The zero-order valence-corrected chi connectivity index (χ0v) is 21.2. The summed E-state index contributed by atoms with van der Waals surface area (Å²) in [7, 11) is 1.79. The first-order valence-electron chi connectivity index (χ1n) is 11.0. The van der Waals surface area contributed by atoms with Gasteiger partial charge in [0.15, 0.2) is 5.96 Å². The van der Waals surface area contributed by atoms with Crippen LogP contribution in [0.4, 0.5) is 0 Å². The third-order valence-corrected chi connectivity index (χ3v) is 6.10. The van der Waals surface area contributed by atoms with Crippen molar-refractivity contribution in [1.82, 2.24) is 20.9 Å². The molecule has 31 heavy (non-hydrogen) atoms. The lowest BCUT2D eigenvalue weighted by Gasteiger charge is -2.43. The number of piperazine rings is 1. The van der Waals surface area contributed by atoms with Crippen LogP contribution in [0.25, 0.3) is 0 Å². The first-order chi connectivity index (χ1) is 14.4. The molecule has 2 aliphatic rings. The van der Waals surface area contributed by atoms with E-state index in [1.807, 2.05) is 24.3 Å². The number of nitrogens with one attached hydrogen (secondary N) is 3. The van der Waals surface area contributed by atoms with Crippen molar-refractivity contribution in [2.24, 2.45) is 16.3 Å². The van der Waals surface area contributed by atoms with Crippen molar-refractivity contribution in [1.29, 1.82) is 0 Å². The Morgan fingerprint density at radius 1 is 1.23 bits per heavy atom. The van der Waals surface area contributed by atoms with E-state index in [4.69, 9.17) is 0 Å². The summed E-state index contributed by atoms with van der Waals surface area (Å²) in [6.45, 7) is 7.37. The molecule has 3 rings (SSSR count). The molecule has 0 aromatic heterocycles. The third-order valence-electron chi connectivity index (χ3n) is 6.10. The van der Waals surface area contributed by atoms with E-state index in [9.17, 15) is 9.59 Å². The Balaban J connectivity index is 0.00000341. The number of guanidine groups is 1. The van der Waals surface area contributed by atoms with E-state index in [2.05, 4.69) is 34.8 Å². The molecule has 172 valence electrons. The molecule has 0 unspecified atom stereocenters. The Morgan fingerprint density at radius 2 is 1.94 bits per heavy atom. The van der Waals surface area contributed by atoms with Crippen molar-refractivity contribution in [3.05, 3.63) is 35.4 Å². The van der Waals surface area contributed by atoms with Crippen molar-refractivity contribution in [3.8, 4) is 0 Å². The summed E-state index contributed by atoms with van der Waals surface area (Å²) in [5.41, 5.74) is 2.10. The Bertz CT molecular complexity index is 775. The molecule has 0 bridgehead atoms. The quantitative estimate of drug-likeness (QED) is 0.282. The molecule has 0 atom stereocenters. The van der Waals surface area contributed by atoms with Crippen LogP contribution in [0.5, 0.6) is 0 Å². The second kappa shape index (κ2) is 11.7. The summed E-state index contributed by atoms with van der Waals surface area (Å²) >= 11 is 0. The standard InChI is InChI=1S/C23H35N5O2.HI/c1-17(2)13-23(9-4-10-23)16-27-22(24-3)26-14-18-5-7-19(8-6-18)21(30)28-12-11-25-20(29)15-28;/h5-8,17H,4,9-16H2,1-3H3,(H,25,29)(H2,24,26,27);1H. The second-order valence-electron chi connectivity index (χ2n) is 9.00. The predicted molar refractivity (Wildman–Crippen MR) is 135 cm³/mol. The lowest BCUT2D eigenvalue weighted by Crippen LogP contribution is -2.49.